The van der Waals surface area contributed by atoms with E-state index in [0.29, 0.717) is 28.2 Å². The van der Waals surface area contributed by atoms with Gasteiger partial charge in [0.05, 0.1) is 5.25 Å². The summed E-state index contributed by atoms with van der Waals surface area (Å²) in [5, 5.41) is 11.7. The standard InChI is InChI=1S/C24H19FN4O3S/c1-15(23(30)26-18-11-12-20-21(13-18)32-14-31-20)33-24-28-27-22(16-7-9-17(25)10-8-16)29(24)19-5-3-2-4-6-19/h2-13,15H,14H2,1H3,(H,26,30). The second-order valence-electron chi connectivity index (χ2n) is 7.30. The van der Waals surface area contributed by atoms with Crippen molar-refractivity contribution in [3.05, 3.63) is 78.6 Å². The monoisotopic (exact) mass is 462 g/mol. The summed E-state index contributed by atoms with van der Waals surface area (Å²) in [7, 11) is 0. The van der Waals surface area contributed by atoms with Crippen molar-refractivity contribution in [3.63, 3.8) is 0 Å². The highest BCUT2D eigenvalue weighted by Gasteiger charge is 2.23. The maximum absolute atomic E-state index is 13.4. The fraction of sp³-hybridized carbons (Fsp3) is 0.125. The normalized spacial score (nSPS) is 13.0. The van der Waals surface area contributed by atoms with E-state index >= 15 is 0 Å². The molecular formula is C24H19FN4O3S. The molecule has 0 spiro atoms. The minimum absolute atomic E-state index is 0.171. The van der Waals surface area contributed by atoms with Gasteiger partial charge in [-0.1, -0.05) is 30.0 Å². The number of thioether (sulfide) groups is 1. The Morgan fingerprint density at radius 1 is 1.03 bits per heavy atom. The number of benzene rings is 3. The number of rotatable bonds is 6. The van der Waals surface area contributed by atoms with Gasteiger partial charge < -0.3 is 14.8 Å². The Bertz CT molecular complexity index is 1300. The van der Waals surface area contributed by atoms with Crippen LogP contribution in [0.15, 0.2) is 78.0 Å². The molecule has 1 aliphatic rings. The van der Waals surface area contributed by atoms with Gasteiger partial charge in [0, 0.05) is 23.0 Å². The van der Waals surface area contributed by atoms with E-state index in [1.807, 2.05) is 34.9 Å². The molecule has 4 aromatic rings. The first-order valence-electron chi connectivity index (χ1n) is 10.2. The fourth-order valence-corrected chi connectivity index (χ4v) is 4.24. The quantitative estimate of drug-likeness (QED) is 0.410. The van der Waals surface area contributed by atoms with Gasteiger partial charge in [-0.05, 0) is 55.5 Å². The molecule has 33 heavy (non-hydrogen) atoms. The summed E-state index contributed by atoms with van der Waals surface area (Å²) in [6, 6.07) is 20.9. The maximum atomic E-state index is 13.4. The highest BCUT2D eigenvalue weighted by Crippen LogP contribution is 2.35. The van der Waals surface area contributed by atoms with Crippen molar-refractivity contribution < 1.29 is 18.7 Å². The lowest BCUT2D eigenvalue weighted by Gasteiger charge is -2.14. The van der Waals surface area contributed by atoms with E-state index in [9.17, 15) is 9.18 Å². The SMILES string of the molecule is CC(Sc1nnc(-c2ccc(F)cc2)n1-c1ccccc1)C(=O)Nc1ccc2c(c1)OCO2. The molecule has 2 heterocycles. The van der Waals surface area contributed by atoms with E-state index in [1.165, 1.54) is 23.9 Å². The molecular weight excluding hydrogens is 443 g/mol. The van der Waals surface area contributed by atoms with Crippen LogP contribution in [0.2, 0.25) is 0 Å². The predicted octanol–water partition coefficient (Wildman–Crippen LogP) is 4.92. The number of hydrogen-bond acceptors (Lipinski definition) is 6. The Labute approximate surface area is 193 Å². The van der Waals surface area contributed by atoms with Crippen LogP contribution in [0.1, 0.15) is 6.92 Å². The zero-order valence-electron chi connectivity index (χ0n) is 17.6. The predicted molar refractivity (Wildman–Crippen MR) is 123 cm³/mol. The van der Waals surface area contributed by atoms with Crippen LogP contribution in [0.3, 0.4) is 0 Å². The van der Waals surface area contributed by atoms with Crippen molar-refractivity contribution in [2.75, 3.05) is 12.1 Å². The summed E-state index contributed by atoms with van der Waals surface area (Å²) in [4.78, 5) is 12.9. The lowest BCUT2D eigenvalue weighted by Crippen LogP contribution is -2.22. The van der Waals surface area contributed by atoms with E-state index in [0.717, 1.165) is 11.3 Å². The molecule has 166 valence electrons. The Morgan fingerprint density at radius 3 is 2.58 bits per heavy atom. The summed E-state index contributed by atoms with van der Waals surface area (Å²) in [6.07, 6.45) is 0. The topological polar surface area (TPSA) is 78.3 Å². The number of aromatic nitrogens is 3. The third kappa shape index (κ3) is 4.40. The van der Waals surface area contributed by atoms with E-state index in [2.05, 4.69) is 15.5 Å². The molecule has 1 aromatic heterocycles. The van der Waals surface area contributed by atoms with E-state index in [4.69, 9.17) is 9.47 Å². The number of ether oxygens (including phenoxy) is 2. The molecule has 7 nitrogen and oxygen atoms in total. The van der Waals surface area contributed by atoms with Gasteiger partial charge in [-0.3, -0.25) is 9.36 Å². The zero-order valence-corrected chi connectivity index (χ0v) is 18.4. The van der Waals surface area contributed by atoms with E-state index in [-0.39, 0.29) is 18.5 Å². The fourth-order valence-electron chi connectivity index (χ4n) is 3.37. The van der Waals surface area contributed by atoms with Gasteiger partial charge >= 0.3 is 0 Å². The third-order valence-corrected chi connectivity index (χ3v) is 6.08. The number of nitrogens with zero attached hydrogens (tertiary/aromatic N) is 3. The molecule has 1 N–H and O–H groups in total. The van der Waals surface area contributed by atoms with E-state index < -0.39 is 5.25 Å². The second kappa shape index (κ2) is 8.95. The molecule has 0 saturated carbocycles. The van der Waals surface area contributed by atoms with Gasteiger partial charge in [-0.15, -0.1) is 10.2 Å². The van der Waals surface area contributed by atoms with Crippen molar-refractivity contribution in [2.24, 2.45) is 0 Å². The molecule has 0 aliphatic carbocycles. The number of carbonyl (C=O) groups excluding carboxylic acids is 1. The lowest BCUT2D eigenvalue weighted by molar-refractivity contribution is -0.115. The number of nitrogens with one attached hydrogen (secondary N) is 1. The van der Waals surface area contributed by atoms with Gasteiger partial charge in [-0.25, -0.2) is 4.39 Å². The second-order valence-corrected chi connectivity index (χ2v) is 8.61. The molecule has 1 aliphatic heterocycles. The number of halogens is 1. The third-order valence-electron chi connectivity index (χ3n) is 5.04. The number of anilines is 1. The molecule has 9 heteroatoms. The first kappa shape index (κ1) is 21.0. The van der Waals surface area contributed by atoms with Crippen LogP contribution < -0.4 is 14.8 Å². The van der Waals surface area contributed by atoms with Crippen molar-refractivity contribution in [3.8, 4) is 28.6 Å². The smallest absolute Gasteiger partial charge is 0.237 e. The Morgan fingerprint density at radius 2 is 1.79 bits per heavy atom. The van der Waals surface area contributed by atoms with Crippen LogP contribution in [0.25, 0.3) is 17.1 Å². The maximum Gasteiger partial charge on any atom is 0.237 e. The molecule has 1 unspecified atom stereocenters. The van der Waals surface area contributed by atoms with Crippen LogP contribution in [-0.2, 0) is 4.79 Å². The average Bonchev–Trinajstić information content (AvgIpc) is 3.47. The Kier molecular flexibility index (Phi) is 5.70. The lowest BCUT2D eigenvalue weighted by atomic mass is 10.2. The molecule has 3 aromatic carbocycles. The first-order valence-corrected chi connectivity index (χ1v) is 11.1. The van der Waals surface area contributed by atoms with Crippen molar-refractivity contribution in [2.45, 2.75) is 17.3 Å². The Hall–Kier alpha value is -3.85. The van der Waals surface area contributed by atoms with Crippen molar-refractivity contribution in [1.82, 2.24) is 14.8 Å². The van der Waals surface area contributed by atoms with Crippen LogP contribution in [-0.4, -0.2) is 32.7 Å². The molecule has 0 radical (unpaired) electrons. The van der Waals surface area contributed by atoms with Gasteiger partial charge in [-0.2, -0.15) is 0 Å². The molecule has 5 rings (SSSR count). The number of fused-ring (bicyclic) bond motifs is 1. The van der Waals surface area contributed by atoms with E-state index in [1.54, 1.807) is 37.3 Å². The summed E-state index contributed by atoms with van der Waals surface area (Å²) >= 11 is 1.28. The van der Waals surface area contributed by atoms with Gasteiger partial charge in [0.1, 0.15) is 5.82 Å². The minimum atomic E-state index is -0.469. The molecule has 0 fully saturated rings. The molecule has 0 saturated heterocycles. The molecule has 1 amide bonds. The summed E-state index contributed by atoms with van der Waals surface area (Å²) < 4.78 is 26.0. The zero-order chi connectivity index (χ0) is 22.8. The number of hydrogen-bond donors (Lipinski definition) is 1. The van der Waals surface area contributed by atoms with Crippen LogP contribution >= 0.6 is 11.8 Å². The highest BCUT2D eigenvalue weighted by atomic mass is 32.2. The summed E-state index contributed by atoms with van der Waals surface area (Å²) in [5.41, 5.74) is 2.18. The van der Waals surface area contributed by atoms with Crippen molar-refractivity contribution >= 4 is 23.4 Å². The van der Waals surface area contributed by atoms with Gasteiger partial charge in [0.25, 0.3) is 0 Å². The van der Waals surface area contributed by atoms with Crippen molar-refractivity contribution in [1.29, 1.82) is 0 Å². The number of para-hydroxylation sites is 1. The molecule has 1 atom stereocenters. The molecule has 0 bridgehead atoms. The summed E-state index contributed by atoms with van der Waals surface area (Å²) in [6.45, 7) is 1.97. The largest absolute Gasteiger partial charge is 0.454 e. The number of carbonyl (C=O) groups is 1. The van der Waals surface area contributed by atoms with Crippen LogP contribution in [0.4, 0.5) is 10.1 Å². The number of amides is 1. The first-order chi connectivity index (χ1) is 16.1. The van der Waals surface area contributed by atoms with Crippen LogP contribution in [0, 0.1) is 5.82 Å². The van der Waals surface area contributed by atoms with Gasteiger partial charge in [0.15, 0.2) is 22.5 Å². The Balaban J connectivity index is 1.40. The minimum Gasteiger partial charge on any atom is -0.454 e. The summed E-state index contributed by atoms with van der Waals surface area (Å²) in [5.74, 6) is 1.30. The van der Waals surface area contributed by atoms with Gasteiger partial charge in [0.2, 0.25) is 12.7 Å². The highest BCUT2D eigenvalue weighted by molar-refractivity contribution is 8.00. The van der Waals surface area contributed by atoms with Crippen LogP contribution in [0.5, 0.6) is 11.5 Å². The average molecular weight is 463 g/mol.